The van der Waals surface area contributed by atoms with Crippen molar-refractivity contribution in [2.75, 3.05) is 0 Å². The van der Waals surface area contributed by atoms with E-state index in [4.69, 9.17) is 0 Å². The van der Waals surface area contributed by atoms with E-state index in [9.17, 15) is 5.11 Å². The number of hydrogen-bond donors (Lipinski definition) is 1. The highest BCUT2D eigenvalue weighted by molar-refractivity contribution is 5.12. The third-order valence-corrected chi connectivity index (χ3v) is 3.32. The molecule has 1 aromatic rings. The monoisotopic (exact) mass is 181 g/mol. The lowest BCUT2D eigenvalue weighted by Gasteiger charge is -2.28. The molecule has 0 aromatic carbocycles. The van der Waals surface area contributed by atoms with E-state index in [1.807, 2.05) is 14.0 Å². The molecule has 0 saturated heterocycles. The Labute approximate surface area is 77.6 Å². The molecule has 4 nitrogen and oxygen atoms in total. The van der Waals surface area contributed by atoms with Gasteiger partial charge in [0, 0.05) is 12.5 Å². The van der Waals surface area contributed by atoms with Crippen molar-refractivity contribution in [3.8, 4) is 0 Å². The zero-order valence-electron chi connectivity index (χ0n) is 8.28. The molecule has 1 heterocycles. The van der Waals surface area contributed by atoms with Crippen molar-refractivity contribution in [3.05, 3.63) is 12.2 Å². The highest BCUT2D eigenvalue weighted by atomic mass is 16.3. The van der Waals surface area contributed by atoms with Gasteiger partial charge in [-0.25, -0.2) is 4.98 Å². The van der Waals surface area contributed by atoms with Crippen LogP contribution in [0.2, 0.25) is 0 Å². The zero-order chi connectivity index (χ0) is 9.69. The largest absolute Gasteiger partial charge is 0.382 e. The van der Waals surface area contributed by atoms with Crippen LogP contribution in [0, 0.1) is 5.41 Å². The molecule has 0 bridgehead atoms. The Morgan fingerprint density at radius 2 is 2.23 bits per heavy atom. The number of hydrogen-bond acceptors (Lipinski definition) is 3. The van der Waals surface area contributed by atoms with Gasteiger partial charge < -0.3 is 5.11 Å². The normalized spacial score (nSPS) is 24.0. The molecule has 1 unspecified atom stereocenters. The summed E-state index contributed by atoms with van der Waals surface area (Å²) in [6.45, 7) is 3.91. The van der Waals surface area contributed by atoms with Crippen molar-refractivity contribution in [2.45, 2.75) is 32.3 Å². The summed E-state index contributed by atoms with van der Waals surface area (Å²) in [5, 5.41) is 14.3. The fraction of sp³-hybridized carbons (Fsp3) is 0.778. The molecule has 1 saturated carbocycles. The van der Waals surface area contributed by atoms with Crippen LogP contribution < -0.4 is 0 Å². The van der Waals surface area contributed by atoms with E-state index < -0.39 is 5.60 Å². The van der Waals surface area contributed by atoms with Crippen LogP contribution in [0.5, 0.6) is 0 Å². The van der Waals surface area contributed by atoms with E-state index in [2.05, 4.69) is 17.0 Å². The van der Waals surface area contributed by atoms with Gasteiger partial charge in [0.05, 0.1) is 0 Å². The van der Waals surface area contributed by atoms with Crippen LogP contribution in [0.15, 0.2) is 6.33 Å². The summed E-state index contributed by atoms with van der Waals surface area (Å²) in [6.07, 6.45) is 3.61. The van der Waals surface area contributed by atoms with Gasteiger partial charge in [-0.2, -0.15) is 5.10 Å². The van der Waals surface area contributed by atoms with Crippen LogP contribution >= 0.6 is 0 Å². The van der Waals surface area contributed by atoms with Gasteiger partial charge in [-0.15, -0.1) is 0 Å². The van der Waals surface area contributed by atoms with Crippen LogP contribution in [0.3, 0.4) is 0 Å². The Hall–Kier alpha value is -0.900. The number of aliphatic hydroxyl groups is 1. The molecule has 1 aromatic heterocycles. The maximum Gasteiger partial charge on any atom is 0.158 e. The standard InChI is InChI=1S/C9H15N3O/c1-8(4-5-8)9(2,13)7-10-6-11-12(7)3/h6,13H,4-5H2,1-3H3. The molecule has 0 radical (unpaired) electrons. The average molecular weight is 181 g/mol. The SMILES string of the molecule is Cn1ncnc1C(C)(O)C1(C)CC1. The average Bonchev–Trinajstić information content (AvgIpc) is 2.63. The van der Waals surface area contributed by atoms with Crippen molar-refractivity contribution in [3.63, 3.8) is 0 Å². The van der Waals surface area contributed by atoms with Crippen LogP contribution in [0.4, 0.5) is 0 Å². The van der Waals surface area contributed by atoms with E-state index >= 15 is 0 Å². The molecule has 1 aliphatic rings. The molecule has 4 heteroatoms. The van der Waals surface area contributed by atoms with E-state index in [1.165, 1.54) is 6.33 Å². The summed E-state index contributed by atoms with van der Waals surface area (Å²) in [5.74, 6) is 0.660. The smallest absolute Gasteiger partial charge is 0.158 e. The van der Waals surface area contributed by atoms with Crippen molar-refractivity contribution in [1.29, 1.82) is 0 Å². The van der Waals surface area contributed by atoms with E-state index in [0.717, 1.165) is 12.8 Å². The number of rotatable bonds is 2. The second-order valence-corrected chi connectivity index (χ2v) is 4.34. The van der Waals surface area contributed by atoms with Crippen LogP contribution in [0.1, 0.15) is 32.5 Å². The molecule has 0 aliphatic heterocycles. The lowest BCUT2D eigenvalue weighted by molar-refractivity contribution is -0.0239. The molecule has 2 rings (SSSR count). The van der Waals surface area contributed by atoms with Gasteiger partial charge in [-0.3, -0.25) is 4.68 Å². The molecule has 1 aliphatic carbocycles. The topological polar surface area (TPSA) is 50.9 Å². The van der Waals surface area contributed by atoms with E-state index in [-0.39, 0.29) is 5.41 Å². The summed E-state index contributed by atoms with van der Waals surface area (Å²) in [5.41, 5.74) is -0.855. The van der Waals surface area contributed by atoms with Gasteiger partial charge in [0.1, 0.15) is 11.9 Å². The molecule has 0 amide bonds. The first-order valence-electron chi connectivity index (χ1n) is 4.54. The minimum absolute atomic E-state index is 0.00616. The number of aromatic nitrogens is 3. The van der Waals surface area contributed by atoms with Gasteiger partial charge in [-0.05, 0) is 19.8 Å². The third kappa shape index (κ3) is 1.09. The lowest BCUT2D eigenvalue weighted by Crippen LogP contribution is -2.34. The van der Waals surface area contributed by atoms with Crippen molar-refractivity contribution in [1.82, 2.24) is 14.8 Å². The number of nitrogens with zero attached hydrogens (tertiary/aromatic N) is 3. The summed E-state index contributed by atoms with van der Waals surface area (Å²) in [7, 11) is 1.81. The molecule has 13 heavy (non-hydrogen) atoms. The number of aryl methyl sites for hydroxylation is 1. The van der Waals surface area contributed by atoms with E-state index in [0.29, 0.717) is 5.82 Å². The fourth-order valence-corrected chi connectivity index (χ4v) is 1.68. The van der Waals surface area contributed by atoms with E-state index in [1.54, 1.807) is 4.68 Å². The maximum absolute atomic E-state index is 10.3. The van der Waals surface area contributed by atoms with Crippen molar-refractivity contribution >= 4 is 0 Å². The summed E-state index contributed by atoms with van der Waals surface area (Å²) in [6, 6.07) is 0. The second kappa shape index (κ2) is 2.32. The minimum Gasteiger partial charge on any atom is -0.382 e. The predicted molar refractivity (Wildman–Crippen MR) is 47.9 cm³/mol. The Bertz CT molecular complexity index is 325. The van der Waals surface area contributed by atoms with Gasteiger partial charge in [0.25, 0.3) is 0 Å². The Morgan fingerprint density at radius 3 is 2.62 bits per heavy atom. The van der Waals surface area contributed by atoms with Gasteiger partial charge in [0.15, 0.2) is 5.82 Å². The molecule has 0 spiro atoms. The quantitative estimate of drug-likeness (QED) is 0.735. The first kappa shape index (κ1) is 8.69. The van der Waals surface area contributed by atoms with Crippen molar-refractivity contribution in [2.24, 2.45) is 12.5 Å². The Balaban J connectivity index is 2.40. The molecule has 1 fully saturated rings. The second-order valence-electron chi connectivity index (χ2n) is 4.34. The van der Waals surface area contributed by atoms with Gasteiger partial charge in [0.2, 0.25) is 0 Å². The summed E-state index contributed by atoms with van der Waals surface area (Å²) >= 11 is 0. The summed E-state index contributed by atoms with van der Waals surface area (Å²) in [4.78, 5) is 4.10. The Morgan fingerprint density at radius 1 is 1.62 bits per heavy atom. The van der Waals surface area contributed by atoms with Crippen LogP contribution in [0.25, 0.3) is 0 Å². The lowest BCUT2D eigenvalue weighted by atomic mass is 9.87. The molecular weight excluding hydrogens is 166 g/mol. The van der Waals surface area contributed by atoms with Crippen LogP contribution in [-0.2, 0) is 12.6 Å². The highest BCUT2D eigenvalue weighted by Crippen LogP contribution is 2.57. The van der Waals surface area contributed by atoms with Crippen molar-refractivity contribution < 1.29 is 5.11 Å². The molecule has 1 N–H and O–H groups in total. The maximum atomic E-state index is 10.3. The third-order valence-electron chi connectivity index (χ3n) is 3.32. The summed E-state index contributed by atoms with van der Waals surface area (Å²) < 4.78 is 1.64. The fourth-order valence-electron chi connectivity index (χ4n) is 1.68. The molecule has 72 valence electrons. The minimum atomic E-state index is -0.849. The molecular formula is C9H15N3O. The molecule has 1 atom stereocenters. The zero-order valence-corrected chi connectivity index (χ0v) is 8.28. The first-order valence-corrected chi connectivity index (χ1v) is 4.54. The predicted octanol–water partition coefficient (Wildman–Crippen LogP) is 0.823. The highest BCUT2D eigenvalue weighted by Gasteiger charge is 2.55. The Kier molecular flexibility index (Phi) is 1.55. The van der Waals surface area contributed by atoms with Gasteiger partial charge in [-0.1, -0.05) is 6.92 Å². The van der Waals surface area contributed by atoms with Gasteiger partial charge >= 0.3 is 0 Å². The first-order chi connectivity index (χ1) is 5.97. The van der Waals surface area contributed by atoms with Crippen LogP contribution in [-0.4, -0.2) is 19.9 Å².